The van der Waals surface area contributed by atoms with E-state index in [-0.39, 0.29) is 18.3 Å². The molecule has 0 unspecified atom stereocenters. The van der Waals surface area contributed by atoms with Gasteiger partial charge in [-0.2, -0.15) is 0 Å². The van der Waals surface area contributed by atoms with Gasteiger partial charge in [0.2, 0.25) is 0 Å². The van der Waals surface area contributed by atoms with Crippen LogP contribution in [-0.4, -0.2) is 19.1 Å². The monoisotopic (exact) mass is 346 g/mol. The third-order valence-electron chi connectivity index (χ3n) is 3.94. The Morgan fingerprint density at radius 2 is 2.04 bits per heavy atom. The molecule has 2 N–H and O–H groups in total. The van der Waals surface area contributed by atoms with E-state index >= 15 is 0 Å². The van der Waals surface area contributed by atoms with Crippen LogP contribution in [0.25, 0.3) is 0 Å². The molecule has 1 aliphatic rings. The number of fused-ring (bicyclic) bond motifs is 1. The number of carbonyl (C=O) groups is 1. The van der Waals surface area contributed by atoms with Crippen molar-refractivity contribution < 1.29 is 9.53 Å². The van der Waals surface area contributed by atoms with E-state index in [1.54, 1.807) is 0 Å². The van der Waals surface area contributed by atoms with Gasteiger partial charge in [0.25, 0.3) is 5.91 Å². The zero-order valence-corrected chi connectivity index (χ0v) is 14.6. The Balaban J connectivity index is 0.00000208. The van der Waals surface area contributed by atoms with Gasteiger partial charge in [-0.15, -0.1) is 12.4 Å². The highest BCUT2D eigenvalue weighted by atomic mass is 35.5. The highest BCUT2D eigenvalue weighted by Gasteiger charge is 2.18. The van der Waals surface area contributed by atoms with Crippen LogP contribution in [0.2, 0.25) is 0 Å². The maximum Gasteiger partial charge on any atom is 0.256 e. The molecule has 0 fully saturated rings. The maximum absolute atomic E-state index is 12.7. The molecular formula is C19H23ClN2O2. The number of halogens is 1. The van der Waals surface area contributed by atoms with E-state index in [0.717, 1.165) is 42.6 Å². The summed E-state index contributed by atoms with van der Waals surface area (Å²) in [5.74, 6) is 0.628. The smallest absolute Gasteiger partial charge is 0.256 e. The second kappa shape index (κ2) is 8.60. The van der Waals surface area contributed by atoms with Gasteiger partial charge in [-0.25, -0.2) is 0 Å². The number of hydrogen-bond donors (Lipinski definition) is 2. The summed E-state index contributed by atoms with van der Waals surface area (Å²) in [5, 5.41) is 6.35. The molecule has 0 spiro atoms. The average Bonchev–Trinajstić information content (AvgIpc) is 2.60. The molecule has 1 aliphatic heterocycles. The summed E-state index contributed by atoms with van der Waals surface area (Å²) in [6.07, 6.45) is 2.91. The molecule has 2 aromatic carbocycles. The molecule has 4 nitrogen and oxygen atoms in total. The van der Waals surface area contributed by atoms with Gasteiger partial charge in [-0.05, 0) is 49.1 Å². The molecule has 128 valence electrons. The Morgan fingerprint density at radius 1 is 1.21 bits per heavy atom. The van der Waals surface area contributed by atoms with Crippen molar-refractivity contribution >= 4 is 29.7 Å². The van der Waals surface area contributed by atoms with E-state index in [0.29, 0.717) is 18.0 Å². The van der Waals surface area contributed by atoms with Crippen LogP contribution in [-0.2, 0) is 6.42 Å². The van der Waals surface area contributed by atoms with Gasteiger partial charge in [-0.3, -0.25) is 4.79 Å². The van der Waals surface area contributed by atoms with Crippen molar-refractivity contribution in [3.8, 4) is 5.75 Å². The molecular weight excluding hydrogens is 324 g/mol. The van der Waals surface area contributed by atoms with E-state index in [9.17, 15) is 4.79 Å². The lowest BCUT2D eigenvalue weighted by Gasteiger charge is -2.21. The maximum atomic E-state index is 12.7. The molecule has 0 aliphatic carbocycles. The number of nitrogens with one attached hydrogen (secondary N) is 2. The van der Waals surface area contributed by atoms with Crippen molar-refractivity contribution in [2.75, 3.05) is 23.8 Å². The molecule has 0 atom stereocenters. The van der Waals surface area contributed by atoms with E-state index in [2.05, 4.69) is 17.6 Å². The van der Waals surface area contributed by atoms with Gasteiger partial charge in [0, 0.05) is 17.8 Å². The van der Waals surface area contributed by atoms with Crippen molar-refractivity contribution in [1.82, 2.24) is 0 Å². The highest BCUT2D eigenvalue weighted by Crippen LogP contribution is 2.28. The quantitative estimate of drug-likeness (QED) is 0.837. The number of ether oxygens (including phenoxy) is 1. The standard InChI is InChI=1S/C19H22N2O2.ClH/c1-2-13-23-18-11-4-3-9-17(18)21-19(22)15-7-5-10-16-14(15)8-6-12-20-16;/h3-5,7,9-11,20H,2,6,8,12-13H2,1H3,(H,21,22);1H. The third kappa shape index (κ3) is 4.01. The lowest BCUT2D eigenvalue weighted by molar-refractivity contribution is 0.102. The van der Waals surface area contributed by atoms with Crippen molar-refractivity contribution in [3.05, 3.63) is 53.6 Å². The first kappa shape index (κ1) is 18.1. The summed E-state index contributed by atoms with van der Waals surface area (Å²) in [7, 11) is 0. The third-order valence-corrected chi connectivity index (χ3v) is 3.94. The minimum Gasteiger partial charge on any atom is -0.491 e. The predicted octanol–water partition coefficient (Wildman–Crippen LogP) is 4.51. The van der Waals surface area contributed by atoms with Gasteiger partial charge in [-0.1, -0.05) is 25.1 Å². The van der Waals surface area contributed by atoms with Crippen LogP contribution < -0.4 is 15.4 Å². The fourth-order valence-electron chi connectivity index (χ4n) is 2.82. The first-order chi connectivity index (χ1) is 11.3. The topological polar surface area (TPSA) is 50.4 Å². The lowest BCUT2D eigenvalue weighted by Crippen LogP contribution is -2.19. The van der Waals surface area contributed by atoms with Crippen molar-refractivity contribution in [3.63, 3.8) is 0 Å². The molecule has 0 radical (unpaired) electrons. The highest BCUT2D eigenvalue weighted by molar-refractivity contribution is 6.07. The molecule has 0 saturated carbocycles. The van der Waals surface area contributed by atoms with Crippen LogP contribution in [0.4, 0.5) is 11.4 Å². The van der Waals surface area contributed by atoms with Crippen LogP contribution in [0.5, 0.6) is 5.75 Å². The van der Waals surface area contributed by atoms with Crippen molar-refractivity contribution in [2.24, 2.45) is 0 Å². The van der Waals surface area contributed by atoms with Crippen molar-refractivity contribution in [1.29, 1.82) is 0 Å². The Morgan fingerprint density at radius 3 is 2.88 bits per heavy atom. The Bertz CT molecular complexity index is 704. The van der Waals surface area contributed by atoms with E-state index < -0.39 is 0 Å². The fourth-order valence-corrected chi connectivity index (χ4v) is 2.82. The SMILES string of the molecule is CCCOc1ccccc1NC(=O)c1cccc2c1CCCN2.Cl. The molecule has 1 heterocycles. The first-order valence-corrected chi connectivity index (χ1v) is 8.18. The number of carbonyl (C=O) groups excluding carboxylic acids is 1. The molecule has 2 aromatic rings. The van der Waals surface area contributed by atoms with E-state index in [4.69, 9.17) is 4.74 Å². The molecule has 24 heavy (non-hydrogen) atoms. The minimum absolute atomic E-state index is 0. The van der Waals surface area contributed by atoms with E-state index in [1.807, 2.05) is 42.5 Å². The number of amides is 1. The molecule has 3 rings (SSSR count). The average molecular weight is 347 g/mol. The molecule has 0 bridgehead atoms. The van der Waals surface area contributed by atoms with Crippen LogP contribution in [0.3, 0.4) is 0 Å². The normalized spacial score (nSPS) is 12.4. The van der Waals surface area contributed by atoms with Gasteiger partial charge in [0.1, 0.15) is 5.75 Å². The summed E-state index contributed by atoms with van der Waals surface area (Å²) in [4.78, 5) is 12.7. The summed E-state index contributed by atoms with van der Waals surface area (Å²) in [6.45, 7) is 3.66. The summed E-state index contributed by atoms with van der Waals surface area (Å²) >= 11 is 0. The second-order valence-electron chi connectivity index (χ2n) is 5.66. The molecule has 1 amide bonds. The number of anilines is 2. The van der Waals surface area contributed by atoms with Gasteiger partial charge in [0.15, 0.2) is 0 Å². The number of para-hydroxylation sites is 2. The van der Waals surface area contributed by atoms with Crippen LogP contribution in [0.1, 0.15) is 35.7 Å². The number of rotatable bonds is 5. The fraction of sp³-hybridized carbons (Fsp3) is 0.316. The van der Waals surface area contributed by atoms with Gasteiger partial charge in [0.05, 0.1) is 12.3 Å². The largest absolute Gasteiger partial charge is 0.491 e. The summed E-state index contributed by atoms with van der Waals surface area (Å²) < 4.78 is 5.71. The van der Waals surface area contributed by atoms with Crippen LogP contribution >= 0.6 is 12.4 Å². The first-order valence-electron chi connectivity index (χ1n) is 8.18. The Hall–Kier alpha value is -2.20. The summed E-state index contributed by atoms with van der Waals surface area (Å²) in [5.41, 5.74) is 3.62. The van der Waals surface area contributed by atoms with Gasteiger partial charge >= 0.3 is 0 Å². The minimum atomic E-state index is -0.0851. The van der Waals surface area contributed by atoms with Crippen molar-refractivity contribution in [2.45, 2.75) is 26.2 Å². The Kier molecular flexibility index (Phi) is 6.50. The van der Waals surface area contributed by atoms with Crippen LogP contribution in [0, 0.1) is 0 Å². The predicted molar refractivity (Wildman–Crippen MR) is 101 cm³/mol. The van der Waals surface area contributed by atoms with E-state index in [1.165, 1.54) is 0 Å². The number of benzene rings is 2. The summed E-state index contributed by atoms with van der Waals surface area (Å²) in [6, 6.07) is 13.4. The molecule has 5 heteroatoms. The van der Waals surface area contributed by atoms with Gasteiger partial charge < -0.3 is 15.4 Å². The zero-order chi connectivity index (χ0) is 16.1. The molecule has 0 aromatic heterocycles. The molecule has 0 saturated heterocycles. The lowest BCUT2D eigenvalue weighted by atomic mass is 9.97. The zero-order valence-electron chi connectivity index (χ0n) is 13.8. The second-order valence-corrected chi connectivity index (χ2v) is 5.66. The van der Waals surface area contributed by atoms with Crippen LogP contribution in [0.15, 0.2) is 42.5 Å². The number of hydrogen-bond acceptors (Lipinski definition) is 3. The Labute approximate surface area is 149 Å².